The van der Waals surface area contributed by atoms with E-state index in [4.69, 9.17) is 0 Å². The van der Waals surface area contributed by atoms with Gasteiger partial charge in [-0.1, -0.05) is 18.2 Å². The number of benzene rings is 1. The molecule has 0 aromatic heterocycles. The maximum Gasteiger partial charge on any atom is 0.346 e. The van der Waals surface area contributed by atoms with Crippen molar-refractivity contribution in [3.8, 4) is 0 Å². The largest absolute Gasteiger partial charge is 0.372 e. The fourth-order valence-electron chi connectivity index (χ4n) is 1.03. The first-order chi connectivity index (χ1) is 7.15. The lowest BCUT2D eigenvalue weighted by atomic mass is 10.2. The molecular formula is C10H12N2O3. The number of hydrogen-bond acceptors (Lipinski definition) is 4. The monoisotopic (exact) mass is 208 g/mol. The van der Waals surface area contributed by atoms with Crippen LogP contribution in [0.2, 0.25) is 0 Å². The van der Waals surface area contributed by atoms with Gasteiger partial charge in [0, 0.05) is 5.56 Å². The summed E-state index contributed by atoms with van der Waals surface area (Å²) in [5, 5.41) is 2.45. The summed E-state index contributed by atoms with van der Waals surface area (Å²) < 4.78 is 0. The minimum atomic E-state index is -0.761. The zero-order chi connectivity index (χ0) is 11.3. The Morgan fingerprint density at radius 2 is 1.93 bits per heavy atom. The highest BCUT2D eigenvalue weighted by Crippen LogP contribution is 1.98. The Morgan fingerprint density at radius 1 is 1.33 bits per heavy atom. The average molecular weight is 208 g/mol. The van der Waals surface area contributed by atoms with Gasteiger partial charge in [0.15, 0.2) is 0 Å². The number of carbonyl (C=O) groups excluding carboxylic acids is 2. The van der Waals surface area contributed by atoms with Gasteiger partial charge in [0.2, 0.25) is 0 Å². The van der Waals surface area contributed by atoms with E-state index in [0.29, 0.717) is 5.56 Å². The Labute approximate surface area is 87.2 Å². The topological polar surface area (TPSA) is 81.4 Å². The van der Waals surface area contributed by atoms with Crippen molar-refractivity contribution in [1.82, 2.24) is 5.32 Å². The van der Waals surface area contributed by atoms with E-state index in [0.717, 1.165) is 0 Å². The first kappa shape index (κ1) is 11.2. The van der Waals surface area contributed by atoms with Crippen LogP contribution in [0.15, 0.2) is 30.3 Å². The quantitative estimate of drug-likeness (QED) is 0.696. The van der Waals surface area contributed by atoms with Crippen LogP contribution in [0.25, 0.3) is 0 Å². The molecule has 0 saturated carbocycles. The highest BCUT2D eigenvalue weighted by atomic mass is 16.7. The van der Waals surface area contributed by atoms with Crippen molar-refractivity contribution in [2.24, 2.45) is 5.90 Å². The van der Waals surface area contributed by atoms with E-state index in [9.17, 15) is 9.59 Å². The Bertz CT molecular complexity index is 351. The lowest BCUT2D eigenvalue weighted by Crippen LogP contribution is -2.40. The van der Waals surface area contributed by atoms with Gasteiger partial charge in [-0.25, -0.2) is 4.79 Å². The molecule has 0 aliphatic heterocycles. The smallest absolute Gasteiger partial charge is 0.346 e. The van der Waals surface area contributed by atoms with E-state index < -0.39 is 12.0 Å². The molecule has 0 spiro atoms. The molecule has 3 N–H and O–H groups in total. The van der Waals surface area contributed by atoms with E-state index in [1.165, 1.54) is 6.92 Å². The second-order valence-electron chi connectivity index (χ2n) is 3.00. The highest BCUT2D eigenvalue weighted by molar-refractivity contribution is 5.96. The van der Waals surface area contributed by atoms with Gasteiger partial charge in [0.05, 0.1) is 0 Å². The van der Waals surface area contributed by atoms with Gasteiger partial charge in [0.25, 0.3) is 5.91 Å². The summed E-state index contributed by atoms with van der Waals surface area (Å²) in [5.74, 6) is 3.67. The third-order valence-corrected chi connectivity index (χ3v) is 1.85. The first-order valence-corrected chi connectivity index (χ1v) is 4.41. The van der Waals surface area contributed by atoms with Gasteiger partial charge in [-0.15, -0.1) is 0 Å². The highest BCUT2D eigenvalue weighted by Gasteiger charge is 2.16. The second-order valence-corrected chi connectivity index (χ2v) is 3.00. The molecule has 0 saturated heterocycles. The molecule has 0 heterocycles. The first-order valence-electron chi connectivity index (χ1n) is 4.41. The summed E-state index contributed by atoms with van der Waals surface area (Å²) in [4.78, 5) is 26.4. The second kappa shape index (κ2) is 5.11. The van der Waals surface area contributed by atoms with Crippen LogP contribution in [0, 0.1) is 0 Å². The molecule has 15 heavy (non-hydrogen) atoms. The third-order valence-electron chi connectivity index (χ3n) is 1.85. The number of carbonyl (C=O) groups is 2. The SMILES string of the molecule is CC(NC(=O)c1ccccc1)C(=O)ON. The molecule has 5 nitrogen and oxygen atoms in total. The van der Waals surface area contributed by atoms with Gasteiger partial charge < -0.3 is 10.2 Å². The predicted molar refractivity (Wildman–Crippen MR) is 53.6 cm³/mol. The van der Waals surface area contributed by atoms with Crippen LogP contribution in [-0.4, -0.2) is 17.9 Å². The van der Waals surface area contributed by atoms with Gasteiger partial charge in [-0.05, 0) is 19.1 Å². The molecule has 0 aliphatic rings. The number of amides is 1. The molecule has 1 unspecified atom stereocenters. The molecular weight excluding hydrogens is 196 g/mol. The summed E-state index contributed by atoms with van der Waals surface area (Å²) in [6, 6.07) is 7.81. The van der Waals surface area contributed by atoms with Crippen molar-refractivity contribution in [3.05, 3.63) is 35.9 Å². The van der Waals surface area contributed by atoms with E-state index in [1.54, 1.807) is 30.3 Å². The Morgan fingerprint density at radius 3 is 2.47 bits per heavy atom. The molecule has 0 bridgehead atoms. The van der Waals surface area contributed by atoms with Gasteiger partial charge in [-0.2, -0.15) is 5.90 Å². The summed E-state index contributed by atoms with van der Waals surface area (Å²) in [5.41, 5.74) is 0.481. The van der Waals surface area contributed by atoms with Crippen LogP contribution in [-0.2, 0) is 9.63 Å². The fourth-order valence-corrected chi connectivity index (χ4v) is 1.03. The molecule has 1 atom stereocenters. The maximum absolute atomic E-state index is 11.5. The number of nitrogens with two attached hydrogens (primary N) is 1. The molecule has 0 radical (unpaired) electrons. The molecule has 0 fully saturated rings. The van der Waals surface area contributed by atoms with Gasteiger partial charge in [-0.3, -0.25) is 4.79 Å². The zero-order valence-corrected chi connectivity index (χ0v) is 8.27. The van der Waals surface area contributed by atoms with Crippen LogP contribution >= 0.6 is 0 Å². The Hall–Kier alpha value is -1.88. The van der Waals surface area contributed by atoms with Crippen LogP contribution < -0.4 is 11.2 Å². The summed E-state index contributed by atoms with van der Waals surface area (Å²) in [7, 11) is 0. The normalized spacial score (nSPS) is 11.6. The molecule has 1 amide bonds. The van der Waals surface area contributed by atoms with Crippen LogP contribution in [0.3, 0.4) is 0 Å². The minimum absolute atomic E-state index is 0.339. The molecule has 1 aromatic rings. The van der Waals surface area contributed by atoms with E-state index >= 15 is 0 Å². The molecule has 1 aromatic carbocycles. The van der Waals surface area contributed by atoms with Crippen molar-refractivity contribution in [1.29, 1.82) is 0 Å². The van der Waals surface area contributed by atoms with Crippen molar-refractivity contribution in [3.63, 3.8) is 0 Å². The lowest BCUT2D eigenvalue weighted by Gasteiger charge is -2.10. The van der Waals surface area contributed by atoms with E-state index in [2.05, 4.69) is 16.1 Å². The standard InChI is InChI=1S/C10H12N2O3/c1-7(10(14)15-11)12-9(13)8-5-3-2-4-6-8/h2-7H,11H2,1H3,(H,12,13). The van der Waals surface area contributed by atoms with Gasteiger partial charge >= 0.3 is 5.97 Å². The summed E-state index contributed by atoms with van der Waals surface area (Å²) >= 11 is 0. The maximum atomic E-state index is 11.5. The van der Waals surface area contributed by atoms with Crippen LogP contribution in [0.1, 0.15) is 17.3 Å². The number of hydrogen-bond donors (Lipinski definition) is 2. The number of nitrogens with one attached hydrogen (secondary N) is 1. The Kier molecular flexibility index (Phi) is 3.82. The van der Waals surface area contributed by atoms with E-state index in [1.807, 2.05) is 0 Å². The minimum Gasteiger partial charge on any atom is -0.372 e. The van der Waals surface area contributed by atoms with Gasteiger partial charge in [0.1, 0.15) is 6.04 Å². The molecule has 0 aliphatic carbocycles. The zero-order valence-electron chi connectivity index (χ0n) is 8.27. The molecule has 1 rings (SSSR count). The summed E-state index contributed by atoms with van der Waals surface area (Å²) in [6.45, 7) is 1.50. The fraction of sp³-hybridized carbons (Fsp3) is 0.200. The third kappa shape index (κ3) is 3.07. The van der Waals surface area contributed by atoms with E-state index in [-0.39, 0.29) is 5.91 Å². The van der Waals surface area contributed by atoms with Crippen molar-refractivity contribution in [2.75, 3.05) is 0 Å². The molecule has 5 heteroatoms. The van der Waals surface area contributed by atoms with Crippen molar-refractivity contribution < 1.29 is 14.4 Å². The summed E-state index contributed by atoms with van der Waals surface area (Å²) in [6.07, 6.45) is 0. The predicted octanol–water partition coefficient (Wildman–Crippen LogP) is 0.222. The molecule has 80 valence electrons. The Balaban J connectivity index is 2.61. The van der Waals surface area contributed by atoms with Crippen LogP contribution in [0.4, 0.5) is 0 Å². The van der Waals surface area contributed by atoms with Crippen molar-refractivity contribution >= 4 is 11.9 Å². The average Bonchev–Trinajstić information content (AvgIpc) is 2.29. The van der Waals surface area contributed by atoms with Crippen molar-refractivity contribution in [2.45, 2.75) is 13.0 Å². The lowest BCUT2D eigenvalue weighted by molar-refractivity contribution is -0.146. The number of rotatable bonds is 3. The van der Waals surface area contributed by atoms with Crippen LogP contribution in [0.5, 0.6) is 0 Å².